The van der Waals surface area contributed by atoms with Gasteiger partial charge in [0.1, 0.15) is 5.75 Å². The third-order valence-electron chi connectivity index (χ3n) is 4.78. The molecule has 0 radical (unpaired) electrons. The molecule has 1 aliphatic rings. The van der Waals surface area contributed by atoms with Gasteiger partial charge in [-0.1, -0.05) is 12.1 Å². The molecule has 4 nitrogen and oxygen atoms in total. The van der Waals surface area contributed by atoms with E-state index in [1.807, 2.05) is 12.1 Å². The summed E-state index contributed by atoms with van der Waals surface area (Å²) < 4.78 is 10.7. The molecule has 0 saturated carbocycles. The first kappa shape index (κ1) is 18.2. The van der Waals surface area contributed by atoms with Crippen molar-refractivity contribution in [2.45, 2.75) is 45.2 Å². The van der Waals surface area contributed by atoms with E-state index < -0.39 is 0 Å². The van der Waals surface area contributed by atoms with Crippen LogP contribution in [0.15, 0.2) is 24.3 Å². The van der Waals surface area contributed by atoms with Gasteiger partial charge in [-0.15, -0.1) is 0 Å². The third-order valence-corrected chi connectivity index (χ3v) is 4.78. The number of ether oxygens (including phenoxy) is 2. The molecule has 0 aliphatic carbocycles. The Morgan fingerprint density at radius 2 is 1.87 bits per heavy atom. The first-order valence-electron chi connectivity index (χ1n) is 8.70. The topological polar surface area (TPSA) is 33.7 Å². The fourth-order valence-corrected chi connectivity index (χ4v) is 2.98. The first-order chi connectivity index (χ1) is 11.0. The van der Waals surface area contributed by atoms with Crippen LogP contribution in [-0.2, 0) is 11.2 Å². The van der Waals surface area contributed by atoms with Crippen LogP contribution in [0.5, 0.6) is 5.75 Å². The summed E-state index contributed by atoms with van der Waals surface area (Å²) in [5.74, 6) is 0.923. The maximum absolute atomic E-state index is 5.45. The number of methoxy groups -OCH3 is 1. The van der Waals surface area contributed by atoms with Crippen molar-refractivity contribution >= 4 is 0 Å². The largest absolute Gasteiger partial charge is 0.497 e. The Hall–Kier alpha value is -1.10. The SMILES string of the molecule is COc1ccc(CCC(C)NCC(C)(C)N2CCOCC2)cc1. The van der Waals surface area contributed by atoms with E-state index in [1.165, 1.54) is 5.56 Å². The Kier molecular flexibility index (Phi) is 6.88. The molecule has 1 aliphatic heterocycles. The van der Waals surface area contributed by atoms with E-state index in [1.54, 1.807) is 7.11 Å². The van der Waals surface area contributed by atoms with E-state index in [0.717, 1.165) is 51.4 Å². The van der Waals surface area contributed by atoms with E-state index in [2.05, 4.69) is 43.1 Å². The molecule has 0 amide bonds. The van der Waals surface area contributed by atoms with Crippen LogP contribution in [0.25, 0.3) is 0 Å². The van der Waals surface area contributed by atoms with Crippen molar-refractivity contribution in [1.82, 2.24) is 10.2 Å². The van der Waals surface area contributed by atoms with E-state index in [4.69, 9.17) is 9.47 Å². The number of nitrogens with zero attached hydrogens (tertiary/aromatic N) is 1. The zero-order chi connectivity index (χ0) is 16.7. The minimum Gasteiger partial charge on any atom is -0.497 e. The van der Waals surface area contributed by atoms with Crippen molar-refractivity contribution in [3.05, 3.63) is 29.8 Å². The minimum absolute atomic E-state index is 0.179. The van der Waals surface area contributed by atoms with Gasteiger partial charge in [0.15, 0.2) is 0 Å². The molecule has 1 aromatic carbocycles. The van der Waals surface area contributed by atoms with Crippen molar-refractivity contribution < 1.29 is 9.47 Å². The highest BCUT2D eigenvalue weighted by Gasteiger charge is 2.28. The lowest BCUT2D eigenvalue weighted by molar-refractivity contribution is -0.0103. The summed E-state index contributed by atoms with van der Waals surface area (Å²) in [6.07, 6.45) is 2.24. The van der Waals surface area contributed by atoms with E-state index in [9.17, 15) is 0 Å². The van der Waals surface area contributed by atoms with Gasteiger partial charge in [-0.3, -0.25) is 4.90 Å². The number of aryl methyl sites for hydroxylation is 1. The maximum atomic E-state index is 5.45. The van der Waals surface area contributed by atoms with E-state index >= 15 is 0 Å². The number of morpholine rings is 1. The summed E-state index contributed by atoms with van der Waals surface area (Å²) >= 11 is 0. The van der Waals surface area contributed by atoms with Gasteiger partial charge >= 0.3 is 0 Å². The molecule has 130 valence electrons. The van der Waals surface area contributed by atoms with Gasteiger partial charge in [0, 0.05) is 31.2 Å². The highest BCUT2D eigenvalue weighted by Crippen LogP contribution is 2.16. The van der Waals surface area contributed by atoms with Gasteiger partial charge in [-0.25, -0.2) is 0 Å². The molecular formula is C19H32N2O2. The van der Waals surface area contributed by atoms with Crippen molar-refractivity contribution in [2.24, 2.45) is 0 Å². The van der Waals surface area contributed by atoms with Crippen molar-refractivity contribution in [1.29, 1.82) is 0 Å². The molecule has 1 saturated heterocycles. The molecular weight excluding hydrogens is 288 g/mol. The molecule has 23 heavy (non-hydrogen) atoms. The summed E-state index contributed by atoms with van der Waals surface area (Å²) in [6.45, 7) is 11.7. The Balaban J connectivity index is 1.72. The molecule has 1 atom stereocenters. The fraction of sp³-hybridized carbons (Fsp3) is 0.684. The van der Waals surface area contributed by atoms with Crippen molar-refractivity contribution in [3.8, 4) is 5.75 Å². The zero-order valence-corrected chi connectivity index (χ0v) is 15.1. The molecule has 0 aromatic heterocycles. The summed E-state index contributed by atoms with van der Waals surface area (Å²) in [7, 11) is 1.71. The van der Waals surface area contributed by atoms with E-state index in [0.29, 0.717) is 6.04 Å². The average Bonchev–Trinajstić information content (AvgIpc) is 2.59. The highest BCUT2D eigenvalue weighted by atomic mass is 16.5. The Morgan fingerprint density at radius 3 is 2.48 bits per heavy atom. The van der Waals surface area contributed by atoms with Crippen LogP contribution in [-0.4, -0.2) is 56.4 Å². The monoisotopic (exact) mass is 320 g/mol. The Labute approximate surface area is 141 Å². The molecule has 1 unspecified atom stereocenters. The van der Waals surface area contributed by atoms with Gasteiger partial charge < -0.3 is 14.8 Å². The van der Waals surface area contributed by atoms with Gasteiger partial charge in [-0.2, -0.15) is 0 Å². The van der Waals surface area contributed by atoms with Gasteiger partial charge in [0.2, 0.25) is 0 Å². The fourth-order valence-electron chi connectivity index (χ4n) is 2.98. The lowest BCUT2D eigenvalue weighted by atomic mass is 10.0. The minimum atomic E-state index is 0.179. The Morgan fingerprint density at radius 1 is 1.22 bits per heavy atom. The molecule has 0 spiro atoms. The summed E-state index contributed by atoms with van der Waals surface area (Å²) in [5, 5.41) is 3.71. The molecule has 2 rings (SSSR count). The van der Waals surface area contributed by atoms with Crippen molar-refractivity contribution in [2.75, 3.05) is 40.0 Å². The van der Waals surface area contributed by atoms with Crippen LogP contribution >= 0.6 is 0 Å². The first-order valence-corrected chi connectivity index (χ1v) is 8.70. The highest BCUT2D eigenvalue weighted by molar-refractivity contribution is 5.27. The molecule has 1 fully saturated rings. The second-order valence-corrected chi connectivity index (χ2v) is 7.08. The number of rotatable bonds is 8. The van der Waals surface area contributed by atoms with Crippen LogP contribution in [0.4, 0.5) is 0 Å². The molecule has 0 bridgehead atoms. The number of nitrogens with one attached hydrogen (secondary N) is 1. The van der Waals surface area contributed by atoms with Gasteiger partial charge in [0.05, 0.1) is 20.3 Å². The third kappa shape index (κ3) is 5.79. The van der Waals surface area contributed by atoms with Gasteiger partial charge in [0.25, 0.3) is 0 Å². The summed E-state index contributed by atoms with van der Waals surface area (Å²) in [6, 6.07) is 8.90. The maximum Gasteiger partial charge on any atom is 0.118 e. The lowest BCUT2D eigenvalue weighted by Crippen LogP contribution is -2.55. The van der Waals surface area contributed by atoms with Crippen LogP contribution < -0.4 is 10.1 Å². The summed E-state index contributed by atoms with van der Waals surface area (Å²) in [4.78, 5) is 2.53. The Bertz CT molecular complexity index is 453. The number of hydrogen-bond acceptors (Lipinski definition) is 4. The lowest BCUT2D eigenvalue weighted by Gasteiger charge is -2.41. The number of hydrogen-bond donors (Lipinski definition) is 1. The summed E-state index contributed by atoms with van der Waals surface area (Å²) in [5.41, 5.74) is 1.55. The van der Waals surface area contributed by atoms with Crippen LogP contribution in [0, 0.1) is 0 Å². The quantitative estimate of drug-likeness (QED) is 0.798. The van der Waals surface area contributed by atoms with Crippen LogP contribution in [0.1, 0.15) is 32.8 Å². The van der Waals surface area contributed by atoms with Crippen LogP contribution in [0.2, 0.25) is 0 Å². The van der Waals surface area contributed by atoms with Crippen molar-refractivity contribution in [3.63, 3.8) is 0 Å². The smallest absolute Gasteiger partial charge is 0.118 e. The van der Waals surface area contributed by atoms with Crippen LogP contribution in [0.3, 0.4) is 0 Å². The molecule has 1 N–H and O–H groups in total. The molecule has 4 heteroatoms. The second-order valence-electron chi connectivity index (χ2n) is 7.08. The average molecular weight is 320 g/mol. The predicted molar refractivity (Wildman–Crippen MR) is 95.3 cm³/mol. The predicted octanol–water partition coefficient (Wildman–Crippen LogP) is 2.72. The zero-order valence-electron chi connectivity index (χ0n) is 15.1. The number of benzene rings is 1. The molecule has 1 aromatic rings. The molecule has 1 heterocycles. The normalized spacial score (nSPS) is 17.9. The second kappa shape index (κ2) is 8.67. The van der Waals surface area contributed by atoms with E-state index in [-0.39, 0.29) is 5.54 Å². The van der Waals surface area contributed by atoms with Gasteiger partial charge in [-0.05, 0) is 51.3 Å². The standard InChI is InChI=1S/C19H32N2O2/c1-16(5-6-17-7-9-18(22-4)10-8-17)20-15-19(2,3)21-11-13-23-14-12-21/h7-10,16,20H,5-6,11-15H2,1-4H3.